The number of carbonyl (C=O) groups is 2. The summed E-state index contributed by atoms with van der Waals surface area (Å²) in [5.41, 5.74) is 0.546. The first-order valence-corrected chi connectivity index (χ1v) is 7.55. The SMILES string of the molecule is O=C1N[C@@H](c2ccc([N+](=O)[O-])cc2)/C(=C(\O)c2ccc(Cl)cc2)C1=O. The van der Waals surface area contributed by atoms with Crippen LogP contribution in [0.2, 0.25) is 5.02 Å². The molecule has 25 heavy (non-hydrogen) atoms. The molecule has 7 nitrogen and oxygen atoms in total. The van der Waals surface area contributed by atoms with Crippen LogP contribution in [-0.4, -0.2) is 21.7 Å². The van der Waals surface area contributed by atoms with Gasteiger partial charge in [-0.05, 0) is 42.0 Å². The van der Waals surface area contributed by atoms with Crippen molar-refractivity contribution in [2.75, 3.05) is 0 Å². The van der Waals surface area contributed by atoms with Crippen molar-refractivity contribution in [3.05, 3.63) is 80.4 Å². The third-order valence-corrected chi connectivity index (χ3v) is 4.08. The Morgan fingerprint density at radius 2 is 1.68 bits per heavy atom. The van der Waals surface area contributed by atoms with Crippen molar-refractivity contribution in [1.82, 2.24) is 5.32 Å². The maximum Gasteiger partial charge on any atom is 0.293 e. The number of hydrogen-bond acceptors (Lipinski definition) is 5. The maximum atomic E-state index is 12.2. The molecule has 0 bridgehead atoms. The lowest BCUT2D eigenvalue weighted by molar-refractivity contribution is -0.384. The first-order valence-electron chi connectivity index (χ1n) is 7.17. The Bertz CT molecular complexity index is 904. The quantitative estimate of drug-likeness (QED) is 0.288. The second kappa shape index (κ2) is 6.37. The molecule has 2 aromatic carbocycles. The van der Waals surface area contributed by atoms with Crippen LogP contribution < -0.4 is 5.32 Å². The Morgan fingerprint density at radius 3 is 2.24 bits per heavy atom. The monoisotopic (exact) mass is 358 g/mol. The van der Waals surface area contributed by atoms with E-state index < -0.39 is 22.7 Å². The molecule has 0 aromatic heterocycles. The minimum Gasteiger partial charge on any atom is -0.507 e. The first-order chi connectivity index (χ1) is 11.9. The highest BCUT2D eigenvalue weighted by Crippen LogP contribution is 2.33. The standard InChI is InChI=1S/C17H11ClN2O5/c18-11-5-1-10(2-6-11)15(21)13-14(19-17(23)16(13)22)9-3-7-12(8-4-9)20(24)25/h1-8,14,21H,(H,19,23)/b15-13+/t14-/m0/s1. The van der Waals surface area contributed by atoms with Gasteiger partial charge < -0.3 is 10.4 Å². The molecule has 0 unspecified atom stereocenters. The second-order valence-electron chi connectivity index (χ2n) is 5.35. The normalized spacial score (nSPS) is 18.8. The molecule has 2 aromatic rings. The van der Waals surface area contributed by atoms with E-state index in [0.29, 0.717) is 16.1 Å². The van der Waals surface area contributed by atoms with Crippen LogP contribution in [0, 0.1) is 10.1 Å². The van der Waals surface area contributed by atoms with E-state index >= 15 is 0 Å². The van der Waals surface area contributed by atoms with Crippen LogP contribution in [0.15, 0.2) is 54.1 Å². The number of non-ortho nitro benzene ring substituents is 1. The molecule has 1 amide bonds. The van der Waals surface area contributed by atoms with Gasteiger partial charge in [0.1, 0.15) is 5.76 Å². The Kier molecular flexibility index (Phi) is 4.24. The number of halogens is 1. The third kappa shape index (κ3) is 3.09. The van der Waals surface area contributed by atoms with E-state index in [1.807, 2.05) is 0 Å². The number of nitrogens with one attached hydrogen (secondary N) is 1. The number of Topliss-reactive ketones (excluding diaryl/α,β-unsaturated/α-hetero) is 1. The van der Waals surface area contributed by atoms with Crippen molar-refractivity contribution >= 4 is 34.7 Å². The number of aliphatic hydroxyl groups is 1. The fraction of sp³-hybridized carbons (Fsp3) is 0.0588. The maximum absolute atomic E-state index is 12.2. The zero-order valence-electron chi connectivity index (χ0n) is 12.6. The summed E-state index contributed by atoms with van der Waals surface area (Å²) in [4.78, 5) is 34.2. The van der Waals surface area contributed by atoms with Crippen LogP contribution in [-0.2, 0) is 9.59 Å². The number of nitro benzene ring substituents is 1. The number of rotatable bonds is 3. The van der Waals surface area contributed by atoms with Gasteiger partial charge in [0.05, 0.1) is 16.5 Å². The molecule has 1 saturated heterocycles. The number of nitro groups is 1. The van der Waals surface area contributed by atoms with Gasteiger partial charge in [-0.1, -0.05) is 11.6 Å². The van der Waals surface area contributed by atoms with Gasteiger partial charge in [0.15, 0.2) is 0 Å². The van der Waals surface area contributed by atoms with Gasteiger partial charge in [0.2, 0.25) is 0 Å². The van der Waals surface area contributed by atoms with E-state index in [-0.39, 0.29) is 17.0 Å². The number of nitrogens with zero attached hydrogens (tertiary/aromatic N) is 1. The molecule has 1 heterocycles. The Hall–Kier alpha value is -3.19. The van der Waals surface area contributed by atoms with Crippen LogP contribution in [0.4, 0.5) is 5.69 Å². The van der Waals surface area contributed by atoms with E-state index in [1.54, 1.807) is 12.1 Å². The summed E-state index contributed by atoms with van der Waals surface area (Å²) in [5, 5.41) is 24.2. The summed E-state index contributed by atoms with van der Waals surface area (Å²) in [7, 11) is 0. The van der Waals surface area contributed by atoms with Crippen molar-refractivity contribution in [2.24, 2.45) is 0 Å². The number of ketones is 1. The van der Waals surface area contributed by atoms with Crippen LogP contribution in [0.5, 0.6) is 0 Å². The molecular weight excluding hydrogens is 348 g/mol. The average molecular weight is 359 g/mol. The topological polar surface area (TPSA) is 110 Å². The molecule has 1 aliphatic heterocycles. The van der Waals surface area contributed by atoms with Crippen LogP contribution in [0.25, 0.3) is 5.76 Å². The molecule has 0 spiro atoms. The molecule has 0 saturated carbocycles. The van der Waals surface area contributed by atoms with Gasteiger partial charge in [0, 0.05) is 22.7 Å². The van der Waals surface area contributed by atoms with Crippen LogP contribution in [0.1, 0.15) is 17.2 Å². The van der Waals surface area contributed by atoms with Crippen LogP contribution >= 0.6 is 11.6 Å². The number of hydrogen-bond donors (Lipinski definition) is 2. The van der Waals surface area contributed by atoms with Gasteiger partial charge in [-0.2, -0.15) is 0 Å². The minimum absolute atomic E-state index is 0.110. The third-order valence-electron chi connectivity index (χ3n) is 3.82. The molecule has 8 heteroatoms. The van der Waals surface area contributed by atoms with Gasteiger partial charge in [-0.25, -0.2) is 0 Å². The van der Waals surface area contributed by atoms with E-state index in [0.717, 1.165) is 0 Å². The summed E-state index contributed by atoms with van der Waals surface area (Å²) < 4.78 is 0. The molecule has 0 radical (unpaired) electrons. The van der Waals surface area contributed by atoms with E-state index in [1.165, 1.54) is 36.4 Å². The summed E-state index contributed by atoms with van der Waals surface area (Å²) in [6, 6.07) is 10.6. The van der Waals surface area contributed by atoms with Crippen molar-refractivity contribution in [2.45, 2.75) is 6.04 Å². The zero-order chi connectivity index (χ0) is 18.1. The number of amides is 1. The van der Waals surface area contributed by atoms with Gasteiger partial charge in [-0.3, -0.25) is 19.7 Å². The number of carbonyl (C=O) groups excluding carboxylic acids is 2. The lowest BCUT2D eigenvalue weighted by Crippen LogP contribution is -2.21. The predicted molar refractivity (Wildman–Crippen MR) is 90.0 cm³/mol. The Balaban J connectivity index is 2.07. The zero-order valence-corrected chi connectivity index (χ0v) is 13.4. The largest absolute Gasteiger partial charge is 0.507 e. The van der Waals surface area contributed by atoms with Crippen molar-refractivity contribution in [3.8, 4) is 0 Å². The second-order valence-corrected chi connectivity index (χ2v) is 5.79. The highest BCUT2D eigenvalue weighted by atomic mass is 35.5. The molecule has 3 rings (SSSR count). The van der Waals surface area contributed by atoms with Gasteiger partial charge >= 0.3 is 0 Å². The minimum atomic E-state index is -0.892. The summed E-state index contributed by atoms with van der Waals surface area (Å²) >= 11 is 5.81. The Morgan fingerprint density at radius 1 is 1.08 bits per heavy atom. The molecule has 126 valence electrons. The lowest BCUT2D eigenvalue weighted by Gasteiger charge is -2.13. The smallest absolute Gasteiger partial charge is 0.293 e. The van der Waals surface area contributed by atoms with Crippen molar-refractivity contribution in [3.63, 3.8) is 0 Å². The lowest BCUT2D eigenvalue weighted by atomic mass is 9.96. The van der Waals surface area contributed by atoms with E-state index in [2.05, 4.69) is 5.32 Å². The highest BCUT2D eigenvalue weighted by Gasteiger charge is 2.39. The summed E-state index contributed by atoms with van der Waals surface area (Å²) in [5.74, 6) is -2.04. The summed E-state index contributed by atoms with van der Waals surface area (Å²) in [6.45, 7) is 0. The van der Waals surface area contributed by atoms with Crippen molar-refractivity contribution < 1.29 is 19.6 Å². The van der Waals surface area contributed by atoms with Gasteiger partial charge in [-0.15, -0.1) is 0 Å². The molecule has 1 atom stereocenters. The molecule has 1 fully saturated rings. The van der Waals surface area contributed by atoms with E-state index in [4.69, 9.17) is 11.6 Å². The highest BCUT2D eigenvalue weighted by molar-refractivity contribution is 6.46. The molecule has 0 aliphatic carbocycles. The molecule has 2 N–H and O–H groups in total. The number of benzene rings is 2. The number of aliphatic hydroxyl groups excluding tert-OH is 1. The fourth-order valence-corrected chi connectivity index (χ4v) is 2.69. The predicted octanol–water partition coefficient (Wildman–Crippen LogP) is 2.96. The Labute approximate surface area is 146 Å². The first kappa shape index (κ1) is 16.7. The molecule has 1 aliphatic rings. The average Bonchev–Trinajstić information content (AvgIpc) is 2.90. The van der Waals surface area contributed by atoms with Crippen molar-refractivity contribution in [1.29, 1.82) is 0 Å². The van der Waals surface area contributed by atoms with E-state index in [9.17, 15) is 24.8 Å². The fourth-order valence-electron chi connectivity index (χ4n) is 2.57. The van der Waals surface area contributed by atoms with Crippen LogP contribution in [0.3, 0.4) is 0 Å². The van der Waals surface area contributed by atoms with Gasteiger partial charge in [0.25, 0.3) is 17.4 Å². The molecular formula is C17H11ClN2O5. The summed E-state index contributed by atoms with van der Waals surface area (Å²) in [6.07, 6.45) is 0.